The van der Waals surface area contributed by atoms with Gasteiger partial charge in [-0.25, -0.2) is 4.98 Å². The van der Waals surface area contributed by atoms with Crippen molar-refractivity contribution in [3.8, 4) is 5.75 Å². The molecule has 0 radical (unpaired) electrons. The summed E-state index contributed by atoms with van der Waals surface area (Å²) in [4.78, 5) is 52.9. The van der Waals surface area contributed by atoms with E-state index in [0.29, 0.717) is 11.6 Å². The molecule has 262 valence electrons. The number of carbonyl (C=O) groups excluding carboxylic acids is 1. The van der Waals surface area contributed by atoms with E-state index in [0.717, 1.165) is 91.2 Å². The highest BCUT2D eigenvalue weighted by molar-refractivity contribution is 6.31. The predicted molar refractivity (Wildman–Crippen MR) is 185 cm³/mol. The summed E-state index contributed by atoms with van der Waals surface area (Å²) >= 11 is 6.23. The van der Waals surface area contributed by atoms with Gasteiger partial charge in [0.25, 0.3) is 0 Å². The topological polar surface area (TPSA) is 182 Å². The lowest BCUT2D eigenvalue weighted by molar-refractivity contribution is -0.143. The number of hydrogen-bond acceptors (Lipinski definition) is 9. The van der Waals surface area contributed by atoms with Crippen molar-refractivity contribution in [2.24, 2.45) is 0 Å². The van der Waals surface area contributed by atoms with Crippen molar-refractivity contribution in [1.29, 1.82) is 0 Å². The van der Waals surface area contributed by atoms with E-state index in [1.165, 1.54) is 9.80 Å². The Morgan fingerprint density at radius 2 is 1.27 bits per heavy atom. The first kappa shape index (κ1) is 38.2. The number of ether oxygens (including phenoxy) is 1. The zero-order valence-corrected chi connectivity index (χ0v) is 28.1. The number of fused-ring (bicyclic) bond motifs is 2. The van der Waals surface area contributed by atoms with Crippen LogP contribution in [-0.2, 0) is 19.2 Å². The van der Waals surface area contributed by atoms with Crippen molar-refractivity contribution in [3.05, 3.63) is 41.4 Å². The average Bonchev–Trinajstić information content (AvgIpc) is 3.02. The number of hydrogen-bond donors (Lipinski definition) is 5. The number of unbranched alkanes of at least 4 members (excludes halogenated alkanes) is 7. The van der Waals surface area contributed by atoms with Gasteiger partial charge in [0.1, 0.15) is 5.75 Å². The van der Waals surface area contributed by atoms with Crippen LogP contribution in [0.2, 0.25) is 5.02 Å². The Morgan fingerprint density at radius 3 is 1.85 bits per heavy atom. The lowest BCUT2D eigenvalue weighted by Gasteiger charge is -2.24. The number of nitrogens with zero attached hydrogens (tertiary/aromatic N) is 3. The van der Waals surface area contributed by atoms with Gasteiger partial charge < -0.3 is 30.7 Å². The lowest BCUT2D eigenvalue weighted by Crippen LogP contribution is -2.45. The maximum Gasteiger partial charge on any atom is 0.317 e. The summed E-state index contributed by atoms with van der Waals surface area (Å²) < 4.78 is 5.44. The standard InChI is InChI=1S/C34H46ClN5O8/c1-48-25-11-13-28-27(19-25)34(26-12-10-24(35)18-29(26)38-28)37-15-9-7-5-3-2-4-6-8-14-36-30(41)20-39(21-31(42)43)16-17-40(22-32(44)45)23-33(46)47/h10-13,18-19H,2-9,14-17,20-23H2,1H3,(H,36,41)(H,37,38)(H,42,43)(H,44,45)(H,46,47). The fourth-order valence-electron chi connectivity index (χ4n) is 5.51. The summed E-state index contributed by atoms with van der Waals surface area (Å²) in [6, 6.07) is 11.6. The Labute approximate surface area is 285 Å². The fraction of sp³-hybridized carbons (Fsp3) is 0.500. The zero-order chi connectivity index (χ0) is 34.9. The van der Waals surface area contributed by atoms with Gasteiger partial charge in [-0.2, -0.15) is 0 Å². The van der Waals surface area contributed by atoms with Gasteiger partial charge in [0.15, 0.2) is 0 Å². The molecule has 0 saturated heterocycles. The van der Waals surface area contributed by atoms with E-state index < -0.39 is 37.5 Å². The van der Waals surface area contributed by atoms with Gasteiger partial charge in [0, 0.05) is 42.0 Å². The fourth-order valence-corrected chi connectivity index (χ4v) is 5.68. The van der Waals surface area contributed by atoms with Crippen molar-refractivity contribution in [3.63, 3.8) is 0 Å². The Bertz CT molecular complexity index is 1520. The number of pyridine rings is 1. The molecular weight excluding hydrogens is 642 g/mol. The summed E-state index contributed by atoms with van der Waals surface area (Å²) in [5.74, 6) is -3.07. The third-order valence-corrected chi connectivity index (χ3v) is 8.08. The summed E-state index contributed by atoms with van der Waals surface area (Å²) in [7, 11) is 1.65. The molecule has 0 bridgehead atoms. The molecule has 0 spiro atoms. The predicted octanol–water partition coefficient (Wildman–Crippen LogP) is 4.56. The first-order valence-electron chi connectivity index (χ1n) is 16.2. The Morgan fingerprint density at radius 1 is 0.708 bits per heavy atom. The number of nitrogens with one attached hydrogen (secondary N) is 2. The molecular formula is C34H46ClN5O8. The van der Waals surface area contributed by atoms with Gasteiger partial charge in [0.2, 0.25) is 5.91 Å². The van der Waals surface area contributed by atoms with Gasteiger partial charge >= 0.3 is 17.9 Å². The monoisotopic (exact) mass is 687 g/mol. The van der Waals surface area contributed by atoms with Crippen LogP contribution in [0.25, 0.3) is 21.8 Å². The minimum atomic E-state index is -1.19. The van der Waals surface area contributed by atoms with Crippen LogP contribution in [-0.4, -0.2) is 113 Å². The van der Waals surface area contributed by atoms with Gasteiger partial charge in [-0.05, 0) is 49.2 Å². The average molecular weight is 688 g/mol. The molecule has 14 heteroatoms. The molecule has 0 aliphatic heterocycles. The second-order valence-corrected chi connectivity index (χ2v) is 12.2. The molecule has 0 atom stereocenters. The third kappa shape index (κ3) is 13.5. The minimum absolute atomic E-state index is 0.000142. The smallest absolute Gasteiger partial charge is 0.317 e. The summed E-state index contributed by atoms with van der Waals surface area (Å²) in [5.41, 5.74) is 2.76. The maximum absolute atomic E-state index is 12.4. The van der Waals surface area contributed by atoms with Crippen molar-refractivity contribution >= 4 is 62.9 Å². The minimum Gasteiger partial charge on any atom is -0.497 e. The van der Waals surface area contributed by atoms with E-state index in [9.17, 15) is 24.3 Å². The second-order valence-electron chi connectivity index (χ2n) is 11.7. The van der Waals surface area contributed by atoms with Crippen molar-refractivity contribution in [2.75, 3.05) is 64.8 Å². The van der Waals surface area contributed by atoms with Crippen LogP contribution in [0.3, 0.4) is 0 Å². The Balaban J connectivity index is 1.30. The van der Waals surface area contributed by atoms with Crippen LogP contribution in [0.15, 0.2) is 36.4 Å². The van der Waals surface area contributed by atoms with Crippen LogP contribution in [0.5, 0.6) is 5.75 Å². The first-order valence-corrected chi connectivity index (χ1v) is 16.6. The van der Waals surface area contributed by atoms with Crippen molar-refractivity contribution in [2.45, 2.75) is 51.4 Å². The molecule has 3 rings (SSSR count). The van der Waals surface area contributed by atoms with Crippen molar-refractivity contribution in [1.82, 2.24) is 20.1 Å². The van der Waals surface area contributed by atoms with Crippen LogP contribution in [0.1, 0.15) is 51.4 Å². The van der Waals surface area contributed by atoms with E-state index in [2.05, 4.69) is 10.6 Å². The van der Waals surface area contributed by atoms with Crippen LogP contribution >= 0.6 is 11.6 Å². The number of halogens is 1. The molecule has 48 heavy (non-hydrogen) atoms. The molecule has 0 fully saturated rings. The SMILES string of the molecule is COc1ccc2nc3cc(Cl)ccc3c(NCCCCCCCCCCNC(=O)CN(CCN(CC(=O)O)CC(=O)O)CC(=O)O)c2c1. The number of anilines is 1. The van der Waals surface area contributed by atoms with Crippen molar-refractivity contribution < 1.29 is 39.2 Å². The number of carboxylic acid groups (broad SMARTS) is 3. The third-order valence-electron chi connectivity index (χ3n) is 7.85. The molecule has 5 N–H and O–H groups in total. The van der Waals surface area contributed by atoms with Gasteiger partial charge in [-0.1, -0.05) is 50.1 Å². The first-order chi connectivity index (χ1) is 23.0. The summed E-state index contributed by atoms with van der Waals surface area (Å²) in [6.07, 6.45) is 8.35. The molecule has 0 unspecified atom stereocenters. The van der Waals surface area contributed by atoms with E-state index in [1.54, 1.807) is 7.11 Å². The number of carbonyl (C=O) groups is 4. The van der Waals surface area contributed by atoms with E-state index >= 15 is 0 Å². The molecule has 13 nitrogen and oxygen atoms in total. The Kier molecular flexibility index (Phi) is 16.1. The van der Waals surface area contributed by atoms with E-state index in [4.69, 9.17) is 31.5 Å². The highest BCUT2D eigenvalue weighted by Gasteiger charge is 2.18. The number of amides is 1. The molecule has 0 saturated carbocycles. The summed E-state index contributed by atoms with van der Waals surface area (Å²) in [6.45, 7) is -0.230. The maximum atomic E-state index is 12.4. The molecule has 3 aromatic rings. The van der Waals surface area contributed by atoms with E-state index in [-0.39, 0.29) is 25.5 Å². The number of carboxylic acids is 3. The molecule has 2 aromatic carbocycles. The number of rotatable bonds is 24. The molecule has 1 heterocycles. The highest BCUT2D eigenvalue weighted by Crippen LogP contribution is 2.34. The summed E-state index contributed by atoms with van der Waals surface area (Å²) in [5, 5.41) is 36.3. The molecule has 0 aliphatic rings. The normalized spacial score (nSPS) is 11.3. The number of benzene rings is 2. The number of aromatic nitrogens is 1. The van der Waals surface area contributed by atoms with Gasteiger partial charge in [-0.3, -0.25) is 29.0 Å². The van der Waals surface area contributed by atoms with Gasteiger partial charge in [0.05, 0.1) is 50.0 Å². The van der Waals surface area contributed by atoms with Crippen LogP contribution in [0, 0.1) is 0 Å². The molecule has 1 amide bonds. The largest absolute Gasteiger partial charge is 0.497 e. The zero-order valence-electron chi connectivity index (χ0n) is 27.4. The highest BCUT2D eigenvalue weighted by atomic mass is 35.5. The van der Waals surface area contributed by atoms with Crippen LogP contribution in [0.4, 0.5) is 5.69 Å². The van der Waals surface area contributed by atoms with E-state index in [1.807, 2.05) is 36.4 Å². The van der Waals surface area contributed by atoms with Gasteiger partial charge in [-0.15, -0.1) is 0 Å². The Hall–Kier alpha value is -4.20. The number of aliphatic carboxylic acids is 3. The number of methoxy groups -OCH3 is 1. The molecule has 0 aliphatic carbocycles. The lowest BCUT2D eigenvalue weighted by atomic mass is 10.1. The molecule has 1 aromatic heterocycles. The quantitative estimate of drug-likeness (QED) is 0.0655. The second kappa shape index (κ2) is 20.2. The van der Waals surface area contributed by atoms with Crippen LogP contribution < -0.4 is 15.4 Å².